The lowest BCUT2D eigenvalue weighted by Gasteiger charge is -2.14. The van der Waals surface area contributed by atoms with Crippen molar-refractivity contribution in [2.24, 2.45) is 0 Å². The molecule has 1 aromatic heterocycles. The summed E-state index contributed by atoms with van der Waals surface area (Å²) in [6.07, 6.45) is 0.0834. The van der Waals surface area contributed by atoms with Gasteiger partial charge in [-0.1, -0.05) is 5.16 Å². The summed E-state index contributed by atoms with van der Waals surface area (Å²) < 4.78 is 26.2. The zero-order valence-corrected chi connectivity index (χ0v) is 14.5. The minimum atomic E-state index is -0.371. The molecule has 0 spiro atoms. The fraction of sp³-hybridized carbons (Fsp3) is 0.412. The second-order valence-corrected chi connectivity index (χ2v) is 5.17. The van der Waals surface area contributed by atoms with Crippen LogP contribution in [-0.2, 0) is 22.6 Å². The molecule has 0 bridgehead atoms. The average Bonchev–Trinajstić information content (AvgIpc) is 2.90. The van der Waals surface area contributed by atoms with E-state index in [4.69, 9.17) is 23.5 Å². The van der Waals surface area contributed by atoms with Gasteiger partial charge in [0.25, 0.3) is 0 Å². The maximum absolute atomic E-state index is 12.1. The highest BCUT2D eigenvalue weighted by molar-refractivity contribution is 5.73. The van der Waals surface area contributed by atoms with Crippen LogP contribution in [0.5, 0.6) is 17.2 Å². The van der Waals surface area contributed by atoms with Crippen LogP contribution in [0.3, 0.4) is 0 Å². The van der Waals surface area contributed by atoms with Gasteiger partial charge in [-0.3, -0.25) is 4.79 Å². The van der Waals surface area contributed by atoms with E-state index in [0.29, 0.717) is 34.3 Å². The quantitative estimate of drug-likeness (QED) is 0.719. The van der Waals surface area contributed by atoms with Gasteiger partial charge >= 0.3 is 5.97 Å². The molecule has 0 aliphatic rings. The van der Waals surface area contributed by atoms with Crippen LogP contribution in [0, 0.1) is 13.8 Å². The molecule has 24 heavy (non-hydrogen) atoms. The van der Waals surface area contributed by atoms with Crippen molar-refractivity contribution in [3.8, 4) is 17.2 Å². The number of benzene rings is 1. The van der Waals surface area contributed by atoms with Crippen LogP contribution in [-0.4, -0.2) is 32.5 Å². The van der Waals surface area contributed by atoms with Crippen LogP contribution in [0.1, 0.15) is 22.6 Å². The molecule has 130 valence electrons. The van der Waals surface area contributed by atoms with Gasteiger partial charge in [0.2, 0.25) is 5.75 Å². The Balaban J connectivity index is 2.08. The van der Waals surface area contributed by atoms with E-state index in [1.807, 2.05) is 0 Å². The van der Waals surface area contributed by atoms with Crippen molar-refractivity contribution >= 4 is 5.97 Å². The molecule has 7 heteroatoms. The number of hydrogen-bond acceptors (Lipinski definition) is 7. The number of rotatable bonds is 7. The van der Waals surface area contributed by atoms with E-state index in [-0.39, 0.29) is 19.0 Å². The normalized spacial score (nSPS) is 10.4. The predicted molar refractivity (Wildman–Crippen MR) is 85.6 cm³/mol. The van der Waals surface area contributed by atoms with E-state index in [2.05, 4.69) is 5.16 Å². The number of esters is 1. The molecule has 2 aromatic rings. The molecule has 0 radical (unpaired) electrons. The lowest BCUT2D eigenvalue weighted by molar-refractivity contribution is -0.144. The summed E-state index contributed by atoms with van der Waals surface area (Å²) in [5, 5.41) is 3.83. The first kappa shape index (κ1) is 17.7. The highest BCUT2D eigenvalue weighted by atomic mass is 16.5. The molecule has 0 amide bonds. The largest absolute Gasteiger partial charge is 0.493 e. The number of aromatic nitrogens is 1. The van der Waals surface area contributed by atoms with E-state index in [1.165, 1.54) is 21.3 Å². The molecule has 0 N–H and O–H groups in total. The van der Waals surface area contributed by atoms with Crippen molar-refractivity contribution in [3.63, 3.8) is 0 Å². The first-order valence-corrected chi connectivity index (χ1v) is 7.36. The van der Waals surface area contributed by atoms with Gasteiger partial charge in [0, 0.05) is 0 Å². The van der Waals surface area contributed by atoms with Crippen LogP contribution in [0.15, 0.2) is 16.7 Å². The molecule has 0 saturated carbocycles. The smallest absolute Gasteiger partial charge is 0.310 e. The lowest BCUT2D eigenvalue weighted by Crippen LogP contribution is -2.09. The van der Waals surface area contributed by atoms with Crippen molar-refractivity contribution < 1.29 is 28.3 Å². The molecular formula is C17H21NO6. The first-order valence-electron chi connectivity index (χ1n) is 7.36. The molecule has 0 atom stereocenters. The Labute approximate surface area is 140 Å². The van der Waals surface area contributed by atoms with Crippen LogP contribution in [0.4, 0.5) is 0 Å². The summed E-state index contributed by atoms with van der Waals surface area (Å²) in [5.74, 6) is 1.74. The van der Waals surface area contributed by atoms with Crippen LogP contribution < -0.4 is 14.2 Å². The van der Waals surface area contributed by atoms with Gasteiger partial charge in [0.05, 0.1) is 39.0 Å². The second kappa shape index (κ2) is 7.72. The predicted octanol–water partition coefficient (Wildman–Crippen LogP) is 2.60. The number of aryl methyl sites for hydroxylation is 2. The third kappa shape index (κ3) is 3.79. The standard InChI is InChI=1S/C17H21NO6/c1-10-13(11(2)24-18-10)9-23-16(19)8-12-6-14(20-3)17(22-5)15(7-12)21-4/h6-7H,8-9H2,1-5H3. The van der Waals surface area contributed by atoms with Crippen molar-refractivity contribution in [1.29, 1.82) is 0 Å². The molecule has 0 fully saturated rings. The van der Waals surface area contributed by atoms with Gasteiger partial charge < -0.3 is 23.5 Å². The molecule has 1 aromatic carbocycles. The van der Waals surface area contributed by atoms with Crippen molar-refractivity contribution in [3.05, 3.63) is 34.7 Å². The van der Waals surface area contributed by atoms with E-state index in [9.17, 15) is 4.79 Å². The summed E-state index contributed by atoms with van der Waals surface area (Å²) in [7, 11) is 4.58. The highest BCUT2D eigenvalue weighted by Crippen LogP contribution is 2.38. The minimum absolute atomic E-state index is 0.0834. The van der Waals surface area contributed by atoms with Gasteiger partial charge in [-0.15, -0.1) is 0 Å². The monoisotopic (exact) mass is 335 g/mol. The fourth-order valence-corrected chi connectivity index (χ4v) is 2.32. The lowest BCUT2D eigenvalue weighted by atomic mass is 10.1. The first-order chi connectivity index (χ1) is 11.5. The molecule has 0 saturated heterocycles. The van der Waals surface area contributed by atoms with Crippen molar-refractivity contribution in [2.75, 3.05) is 21.3 Å². The van der Waals surface area contributed by atoms with Crippen molar-refractivity contribution in [1.82, 2.24) is 5.16 Å². The molecular weight excluding hydrogens is 314 g/mol. The van der Waals surface area contributed by atoms with Gasteiger partial charge in [-0.2, -0.15) is 0 Å². The third-order valence-corrected chi connectivity index (χ3v) is 3.63. The van der Waals surface area contributed by atoms with Crippen LogP contribution in [0.25, 0.3) is 0 Å². The Hall–Kier alpha value is -2.70. The maximum atomic E-state index is 12.1. The third-order valence-electron chi connectivity index (χ3n) is 3.63. The van der Waals surface area contributed by atoms with E-state index in [1.54, 1.807) is 26.0 Å². The zero-order chi connectivity index (χ0) is 17.7. The molecule has 7 nitrogen and oxygen atoms in total. The van der Waals surface area contributed by atoms with Gasteiger partial charge in [0.1, 0.15) is 12.4 Å². The molecule has 2 rings (SSSR count). The summed E-state index contributed by atoms with van der Waals surface area (Å²) in [6, 6.07) is 3.44. The highest BCUT2D eigenvalue weighted by Gasteiger charge is 2.16. The number of carbonyl (C=O) groups is 1. The second-order valence-electron chi connectivity index (χ2n) is 5.17. The van der Waals surface area contributed by atoms with Gasteiger partial charge in [0.15, 0.2) is 11.5 Å². The molecule has 0 unspecified atom stereocenters. The topological polar surface area (TPSA) is 80.0 Å². The molecule has 0 aliphatic carbocycles. The SMILES string of the molecule is COc1cc(CC(=O)OCc2c(C)noc2C)cc(OC)c1OC. The number of methoxy groups -OCH3 is 3. The van der Waals surface area contributed by atoms with Crippen molar-refractivity contribution in [2.45, 2.75) is 26.9 Å². The number of hydrogen-bond donors (Lipinski definition) is 0. The molecule has 0 aliphatic heterocycles. The Bertz CT molecular complexity index is 677. The van der Waals surface area contributed by atoms with Gasteiger partial charge in [-0.25, -0.2) is 0 Å². The van der Waals surface area contributed by atoms with E-state index < -0.39 is 0 Å². The fourth-order valence-electron chi connectivity index (χ4n) is 2.32. The summed E-state index contributed by atoms with van der Waals surface area (Å²) in [6.45, 7) is 3.71. The summed E-state index contributed by atoms with van der Waals surface area (Å²) in [4.78, 5) is 12.1. The maximum Gasteiger partial charge on any atom is 0.310 e. The Morgan fingerprint density at radius 3 is 2.17 bits per heavy atom. The Morgan fingerprint density at radius 1 is 1.08 bits per heavy atom. The van der Waals surface area contributed by atoms with Crippen LogP contribution in [0.2, 0.25) is 0 Å². The molecule has 1 heterocycles. The van der Waals surface area contributed by atoms with Gasteiger partial charge in [-0.05, 0) is 31.5 Å². The number of nitrogens with zero attached hydrogens (tertiary/aromatic N) is 1. The Morgan fingerprint density at radius 2 is 1.71 bits per heavy atom. The zero-order valence-electron chi connectivity index (χ0n) is 14.5. The summed E-state index contributed by atoms with van der Waals surface area (Å²) >= 11 is 0. The van der Waals surface area contributed by atoms with E-state index in [0.717, 1.165) is 5.56 Å². The Kier molecular flexibility index (Phi) is 5.68. The number of ether oxygens (including phenoxy) is 4. The number of carbonyl (C=O) groups excluding carboxylic acids is 1. The minimum Gasteiger partial charge on any atom is -0.493 e. The summed E-state index contributed by atoms with van der Waals surface area (Å²) in [5.41, 5.74) is 2.20. The van der Waals surface area contributed by atoms with E-state index >= 15 is 0 Å². The van der Waals surface area contributed by atoms with Crippen LogP contribution >= 0.6 is 0 Å². The average molecular weight is 335 g/mol.